The Morgan fingerprint density at radius 3 is 2.50 bits per heavy atom. The number of rotatable bonds is 5. The van der Waals surface area contributed by atoms with Gasteiger partial charge < -0.3 is 9.66 Å². The van der Waals surface area contributed by atoms with Crippen LogP contribution in [0.5, 0.6) is 0 Å². The van der Waals surface area contributed by atoms with Gasteiger partial charge >= 0.3 is 0 Å². The van der Waals surface area contributed by atoms with Crippen molar-refractivity contribution in [2.24, 2.45) is 0 Å². The van der Waals surface area contributed by atoms with Crippen molar-refractivity contribution in [2.45, 2.75) is 13.3 Å². The highest BCUT2D eigenvalue weighted by Crippen LogP contribution is 1.92. The Labute approximate surface area is 63.3 Å². The van der Waals surface area contributed by atoms with E-state index >= 15 is 0 Å². The molecule has 0 aliphatic heterocycles. The maximum absolute atomic E-state index is 10.3. The van der Waals surface area contributed by atoms with Gasteiger partial charge in [0, 0.05) is 24.4 Å². The van der Waals surface area contributed by atoms with E-state index in [4.69, 9.17) is 5.11 Å². The van der Waals surface area contributed by atoms with Gasteiger partial charge in [-0.2, -0.15) is 0 Å². The molecule has 1 unspecified atom stereocenters. The minimum Gasteiger partial charge on any atom is -0.760 e. The predicted octanol–water partition coefficient (Wildman–Crippen LogP) is -0.515. The molecule has 0 aromatic carbocycles. The standard InChI is InChI=1S/C5H13NO3S/c1-2-3-6(4-5-7)10(8)9/h7H,2-5H2,1H3,(H,8,9)/p-1. The topological polar surface area (TPSA) is 63.6 Å². The molecule has 62 valence electrons. The van der Waals surface area contributed by atoms with Gasteiger partial charge in [-0.1, -0.05) is 6.92 Å². The maximum atomic E-state index is 10.3. The van der Waals surface area contributed by atoms with Gasteiger partial charge in [-0.25, -0.2) is 4.31 Å². The van der Waals surface area contributed by atoms with Gasteiger partial charge in [-0.15, -0.1) is 0 Å². The average Bonchev–Trinajstić information content (AvgIpc) is 1.87. The van der Waals surface area contributed by atoms with Crippen LogP contribution in [0.25, 0.3) is 0 Å². The lowest BCUT2D eigenvalue weighted by atomic mass is 10.5. The average molecular weight is 166 g/mol. The molecule has 0 saturated carbocycles. The number of hydrogen-bond donors (Lipinski definition) is 1. The van der Waals surface area contributed by atoms with E-state index in [0.29, 0.717) is 6.54 Å². The Hall–Kier alpha value is 0.0300. The van der Waals surface area contributed by atoms with E-state index in [0.717, 1.165) is 6.42 Å². The van der Waals surface area contributed by atoms with E-state index in [9.17, 15) is 8.76 Å². The van der Waals surface area contributed by atoms with Crippen molar-refractivity contribution in [3.63, 3.8) is 0 Å². The monoisotopic (exact) mass is 166 g/mol. The number of hydrogen-bond acceptors (Lipinski definition) is 3. The molecule has 0 saturated heterocycles. The van der Waals surface area contributed by atoms with Crippen LogP contribution in [-0.2, 0) is 11.3 Å². The van der Waals surface area contributed by atoms with Crippen molar-refractivity contribution >= 4 is 11.3 Å². The molecule has 0 aromatic rings. The molecule has 0 bridgehead atoms. The van der Waals surface area contributed by atoms with Crippen molar-refractivity contribution in [2.75, 3.05) is 19.7 Å². The second kappa shape index (κ2) is 5.79. The van der Waals surface area contributed by atoms with Crippen molar-refractivity contribution in [3.05, 3.63) is 0 Å². The second-order valence-electron chi connectivity index (χ2n) is 1.87. The molecule has 10 heavy (non-hydrogen) atoms. The zero-order valence-electron chi connectivity index (χ0n) is 5.95. The van der Waals surface area contributed by atoms with Crippen LogP contribution in [0.1, 0.15) is 13.3 Å². The molecule has 0 spiro atoms. The van der Waals surface area contributed by atoms with Gasteiger partial charge in [0.05, 0.1) is 6.61 Å². The molecule has 0 radical (unpaired) electrons. The Balaban J connectivity index is 3.61. The zero-order valence-corrected chi connectivity index (χ0v) is 6.76. The summed E-state index contributed by atoms with van der Waals surface area (Å²) in [5, 5.41) is 8.40. The van der Waals surface area contributed by atoms with Gasteiger partial charge in [0.1, 0.15) is 0 Å². The summed E-state index contributed by atoms with van der Waals surface area (Å²) in [6, 6.07) is 0. The lowest BCUT2D eigenvalue weighted by Gasteiger charge is -2.21. The Morgan fingerprint density at radius 1 is 1.60 bits per heavy atom. The summed E-state index contributed by atoms with van der Waals surface area (Å²) in [7, 11) is 0. The van der Waals surface area contributed by atoms with Crippen LogP contribution in [0, 0.1) is 0 Å². The van der Waals surface area contributed by atoms with Crippen LogP contribution in [0.2, 0.25) is 0 Å². The van der Waals surface area contributed by atoms with Crippen molar-refractivity contribution < 1.29 is 13.9 Å². The lowest BCUT2D eigenvalue weighted by molar-refractivity contribution is 0.250. The first kappa shape index (κ1) is 10.0. The van der Waals surface area contributed by atoms with E-state index < -0.39 is 11.3 Å². The minimum atomic E-state index is -2.18. The molecule has 0 aromatic heterocycles. The number of aliphatic hydroxyl groups is 1. The van der Waals surface area contributed by atoms with E-state index in [1.54, 1.807) is 0 Å². The second-order valence-corrected chi connectivity index (χ2v) is 2.82. The molecule has 4 nitrogen and oxygen atoms in total. The Morgan fingerprint density at radius 2 is 2.20 bits per heavy atom. The van der Waals surface area contributed by atoms with Crippen molar-refractivity contribution in [1.82, 2.24) is 4.31 Å². The summed E-state index contributed by atoms with van der Waals surface area (Å²) in [6.07, 6.45) is 0.772. The normalized spacial score (nSPS) is 14.0. The highest BCUT2D eigenvalue weighted by molar-refractivity contribution is 7.76. The fourth-order valence-electron chi connectivity index (χ4n) is 0.622. The molecule has 1 N–H and O–H groups in total. The highest BCUT2D eigenvalue weighted by Gasteiger charge is 2.00. The maximum Gasteiger partial charge on any atom is 0.0568 e. The molecule has 0 rings (SSSR count). The van der Waals surface area contributed by atoms with E-state index in [1.807, 2.05) is 6.92 Å². The summed E-state index contributed by atoms with van der Waals surface area (Å²) in [4.78, 5) is 0. The van der Waals surface area contributed by atoms with Crippen LogP contribution in [0.3, 0.4) is 0 Å². The summed E-state index contributed by atoms with van der Waals surface area (Å²) in [5.74, 6) is 0. The summed E-state index contributed by atoms with van der Waals surface area (Å²) >= 11 is -2.18. The van der Waals surface area contributed by atoms with Gasteiger partial charge in [0.2, 0.25) is 0 Å². The SMILES string of the molecule is CCCN(CCO)S(=O)[O-]. The summed E-state index contributed by atoms with van der Waals surface area (Å²) in [6.45, 7) is 2.45. The van der Waals surface area contributed by atoms with E-state index in [1.165, 1.54) is 4.31 Å². The molecular formula is C5H12NO3S-. The Kier molecular flexibility index (Phi) is 5.81. The number of aliphatic hydroxyl groups excluding tert-OH is 1. The van der Waals surface area contributed by atoms with Gasteiger partial charge in [-0.3, -0.25) is 4.21 Å². The highest BCUT2D eigenvalue weighted by atomic mass is 32.2. The van der Waals surface area contributed by atoms with Crippen LogP contribution < -0.4 is 0 Å². The van der Waals surface area contributed by atoms with Gasteiger partial charge in [-0.05, 0) is 6.42 Å². The fourth-order valence-corrected chi connectivity index (χ4v) is 1.18. The third-order valence-electron chi connectivity index (χ3n) is 1.03. The van der Waals surface area contributed by atoms with Gasteiger partial charge in [0.15, 0.2) is 0 Å². The third kappa shape index (κ3) is 3.94. The van der Waals surface area contributed by atoms with E-state index in [-0.39, 0.29) is 13.2 Å². The molecular weight excluding hydrogens is 154 g/mol. The minimum absolute atomic E-state index is 0.117. The molecule has 0 fully saturated rings. The van der Waals surface area contributed by atoms with Crippen molar-refractivity contribution in [3.8, 4) is 0 Å². The quantitative estimate of drug-likeness (QED) is 0.559. The van der Waals surface area contributed by atoms with E-state index in [2.05, 4.69) is 0 Å². The predicted molar refractivity (Wildman–Crippen MR) is 37.9 cm³/mol. The number of nitrogens with zero attached hydrogens (tertiary/aromatic N) is 1. The van der Waals surface area contributed by atoms with Crippen LogP contribution in [0.15, 0.2) is 0 Å². The van der Waals surface area contributed by atoms with Crippen LogP contribution in [0.4, 0.5) is 0 Å². The third-order valence-corrected chi connectivity index (χ3v) is 1.82. The summed E-state index contributed by atoms with van der Waals surface area (Å²) < 4.78 is 21.8. The van der Waals surface area contributed by atoms with Crippen molar-refractivity contribution in [1.29, 1.82) is 0 Å². The molecule has 0 aliphatic rings. The lowest BCUT2D eigenvalue weighted by Crippen LogP contribution is -2.29. The summed E-state index contributed by atoms with van der Waals surface area (Å²) in [5.41, 5.74) is 0. The largest absolute Gasteiger partial charge is 0.760 e. The van der Waals surface area contributed by atoms with Gasteiger partial charge in [0.25, 0.3) is 0 Å². The van der Waals surface area contributed by atoms with Crippen LogP contribution >= 0.6 is 0 Å². The smallest absolute Gasteiger partial charge is 0.0568 e. The molecule has 1 atom stereocenters. The first-order valence-electron chi connectivity index (χ1n) is 3.17. The fraction of sp³-hybridized carbons (Fsp3) is 1.00. The molecule has 0 heterocycles. The molecule has 5 heteroatoms. The zero-order chi connectivity index (χ0) is 7.98. The Bertz CT molecular complexity index is 103. The molecule has 0 aliphatic carbocycles. The first-order valence-corrected chi connectivity index (χ1v) is 4.20. The van der Waals surface area contributed by atoms with Crippen LogP contribution in [-0.4, -0.2) is 37.9 Å². The first-order chi connectivity index (χ1) is 4.72. The molecule has 0 amide bonds.